The van der Waals surface area contributed by atoms with Crippen LogP contribution in [0.15, 0.2) is 48.8 Å². The second-order valence-corrected chi connectivity index (χ2v) is 8.37. The molecule has 3 heterocycles. The van der Waals surface area contributed by atoms with Crippen LogP contribution in [0.1, 0.15) is 40.7 Å². The van der Waals surface area contributed by atoms with Crippen LogP contribution in [-0.4, -0.2) is 42.2 Å². The van der Waals surface area contributed by atoms with Crippen molar-refractivity contribution in [3.05, 3.63) is 71.3 Å². The maximum Gasteiger partial charge on any atom is 0.433 e. The Labute approximate surface area is 202 Å². The van der Waals surface area contributed by atoms with Crippen LogP contribution in [0.5, 0.6) is 0 Å². The van der Waals surface area contributed by atoms with Crippen molar-refractivity contribution in [2.45, 2.75) is 32.9 Å². The molecule has 1 aliphatic heterocycles. The first kappa shape index (κ1) is 24.7. The van der Waals surface area contributed by atoms with Crippen molar-refractivity contribution in [3.63, 3.8) is 0 Å². The molecule has 1 amide bonds. The third-order valence-corrected chi connectivity index (χ3v) is 5.98. The fourth-order valence-corrected chi connectivity index (χ4v) is 4.19. The summed E-state index contributed by atoms with van der Waals surface area (Å²) in [6, 6.07) is 10.1. The van der Waals surface area contributed by atoms with E-state index in [4.69, 9.17) is 4.74 Å². The lowest BCUT2D eigenvalue weighted by Gasteiger charge is -2.31. The number of aryl methyl sites for hydroxylation is 2. The van der Waals surface area contributed by atoms with Gasteiger partial charge < -0.3 is 15.0 Å². The van der Waals surface area contributed by atoms with Crippen LogP contribution in [0.4, 0.5) is 24.5 Å². The molecule has 3 aromatic rings. The van der Waals surface area contributed by atoms with E-state index in [0.717, 1.165) is 55.0 Å². The zero-order valence-electron chi connectivity index (χ0n) is 19.7. The number of amides is 1. The lowest BCUT2D eigenvalue weighted by Crippen LogP contribution is -2.32. The Hall–Kier alpha value is -3.46. The average molecular weight is 485 g/mol. The summed E-state index contributed by atoms with van der Waals surface area (Å²) in [5.74, 6) is -0.665. The van der Waals surface area contributed by atoms with Gasteiger partial charge in [0.25, 0.3) is 5.91 Å². The highest BCUT2D eigenvalue weighted by atomic mass is 19.4. The molecule has 0 bridgehead atoms. The number of alkyl halides is 3. The Morgan fingerprint density at radius 1 is 1.17 bits per heavy atom. The van der Waals surface area contributed by atoms with Gasteiger partial charge in [0.05, 0.1) is 18.5 Å². The maximum absolute atomic E-state index is 13.0. The quantitative estimate of drug-likeness (QED) is 0.448. The third-order valence-electron chi connectivity index (χ3n) is 5.98. The molecule has 184 valence electrons. The van der Waals surface area contributed by atoms with Crippen molar-refractivity contribution < 1.29 is 22.7 Å². The lowest BCUT2D eigenvalue weighted by molar-refractivity contribution is -0.141. The number of ether oxygens (including phenoxy) is 1. The molecule has 1 aliphatic rings. The summed E-state index contributed by atoms with van der Waals surface area (Å²) in [4.78, 5) is 22.7. The topological polar surface area (TPSA) is 67.3 Å². The second-order valence-electron chi connectivity index (χ2n) is 8.37. The molecule has 9 heteroatoms. The number of nitrogens with one attached hydrogen (secondary N) is 1. The number of aromatic nitrogens is 2. The molecule has 1 N–H and O–H groups in total. The fraction of sp³-hybridized carbons (Fsp3) is 0.346. The van der Waals surface area contributed by atoms with Crippen LogP contribution < -0.4 is 10.2 Å². The van der Waals surface area contributed by atoms with Crippen molar-refractivity contribution in [1.29, 1.82) is 0 Å². The molecule has 0 radical (unpaired) electrons. The zero-order chi connectivity index (χ0) is 25.0. The van der Waals surface area contributed by atoms with Crippen LogP contribution in [0.25, 0.3) is 11.1 Å². The summed E-state index contributed by atoms with van der Waals surface area (Å²) in [5, 5.41) is 2.66. The molecule has 0 unspecified atom stereocenters. The highest BCUT2D eigenvalue weighted by Crippen LogP contribution is 2.34. The number of rotatable bonds is 7. The molecular weight excluding hydrogens is 457 g/mol. The number of fused-ring (bicyclic) bond motifs is 1. The van der Waals surface area contributed by atoms with Crippen LogP contribution >= 0.6 is 0 Å². The SMILES string of the molecule is CCOCCN1CCCc2ccc(-c3cc(NC(=O)c4ccnc(C(F)(F)F)c4)cnc3C)cc21. The number of halogens is 3. The van der Waals surface area contributed by atoms with Crippen molar-refractivity contribution in [1.82, 2.24) is 9.97 Å². The van der Waals surface area contributed by atoms with Gasteiger partial charge in [-0.3, -0.25) is 14.8 Å². The zero-order valence-corrected chi connectivity index (χ0v) is 19.7. The summed E-state index contributed by atoms with van der Waals surface area (Å²) >= 11 is 0. The Bertz CT molecular complexity index is 1210. The minimum Gasteiger partial charge on any atom is -0.380 e. The summed E-state index contributed by atoms with van der Waals surface area (Å²) in [6.07, 6.45) is -0.0558. The van der Waals surface area contributed by atoms with Gasteiger partial charge in [-0.25, -0.2) is 0 Å². The molecule has 0 saturated carbocycles. The van der Waals surface area contributed by atoms with Crippen LogP contribution in [-0.2, 0) is 17.3 Å². The molecule has 0 saturated heterocycles. The molecule has 35 heavy (non-hydrogen) atoms. The number of benzene rings is 1. The van der Waals surface area contributed by atoms with Gasteiger partial charge in [0.2, 0.25) is 0 Å². The van der Waals surface area contributed by atoms with E-state index in [1.165, 1.54) is 23.5 Å². The van der Waals surface area contributed by atoms with Gasteiger partial charge in [-0.05, 0) is 62.1 Å². The average Bonchev–Trinajstić information content (AvgIpc) is 2.85. The Morgan fingerprint density at radius 3 is 2.77 bits per heavy atom. The van der Waals surface area contributed by atoms with E-state index in [-0.39, 0.29) is 5.56 Å². The van der Waals surface area contributed by atoms with Gasteiger partial charge in [-0.2, -0.15) is 13.2 Å². The Kier molecular flexibility index (Phi) is 7.35. The highest BCUT2D eigenvalue weighted by molar-refractivity contribution is 6.04. The molecule has 4 rings (SSSR count). The van der Waals surface area contributed by atoms with Gasteiger partial charge in [0.1, 0.15) is 5.69 Å². The van der Waals surface area contributed by atoms with E-state index < -0.39 is 17.8 Å². The number of hydrogen-bond acceptors (Lipinski definition) is 5. The standard InChI is InChI=1S/C26H27F3N4O2/c1-3-35-12-11-33-10-4-5-18-6-7-19(13-23(18)33)22-15-21(16-31-17(22)2)32-25(34)20-8-9-30-24(14-20)26(27,28)29/h6-9,13-16H,3-5,10-12H2,1-2H3,(H,32,34). The summed E-state index contributed by atoms with van der Waals surface area (Å²) in [6.45, 7) is 6.97. The third kappa shape index (κ3) is 5.79. The van der Waals surface area contributed by atoms with Crippen LogP contribution in [0.2, 0.25) is 0 Å². The fourth-order valence-electron chi connectivity index (χ4n) is 4.19. The van der Waals surface area contributed by atoms with Crippen LogP contribution in [0, 0.1) is 6.92 Å². The summed E-state index contributed by atoms with van der Waals surface area (Å²) < 4.78 is 44.4. The first-order chi connectivity index (χ1) is 16.8. The Balaban J connectivity index is 1.58. The largest absolute Gasteiger partial charge is 0.433 e. The molecular formula is C26H27F3N4O2. The molecule has 0 spiro atoms. The van der Waals surface area contributed by atoms with Gasteiger partial charge >= 0.3 is 6.18 Å². The number of carbonyl (C=O) groups is 1. The van der Waals surface area contributed by atoms with E-state index in [0.29, 0.717) is 18.9 Å². The minimum atomic E-state index is -4.63. The van der Waals surface area contributed by atoms with Crippen LogP contribution in [0.3, 0.4) is 0 Å². The van der Waals surface area contributed by atoms with E-state index in [1.54, 1.807) is 6.07 Å². The predicted octanol–water partition coefficient (Wildman–Crippen LogP) is 5.51. The van der Waals surface area contributed by atoms with E-state index in [9.17, 15) is 18.0 Å². The number of anilines is 2. The van der Waals surface area contributed by atoms with E-state index >= 15 is 0 Å². The van der Waals surface area contributed by atoms with E-state index in [1.807, 2.05) is 19.9 Å². The van der Waals surface area contributed by atoms with Crippen molar-refractivity contribution >= 4 is 17.3 Å². The highest BCUT2D eigenvalue weighted by Gasteiger charge is 2.33. The number of pyridine rings is 2. The second kappa shape index (κ2) is 10.4. The predicted molar refractivity (Wildman–Crippen MR) is 129 cm³/mol. The molecule has 0 aliphatic carbocycles. The number of carbonyl (C=O) groups excluding carboxylic acids is 1. The molecule has 1 aromatic carbocycles. The van der Waals surface area contributed by atoms with Gasteiger partial charge in [0, 0.05) is 48.4 Å². The lowest BCUT2D eigenvalue weighted by atomic mass is 9.96. The normalized spacial score (nSPS) is 13.5. The maximum atomic E-state index is 13.0. The van der Waals surface area contributed by atoms with Crippen molar-refractivity contribution in [3.8, 4) is 11.1 Å². The van der Waals surface area contributed by atoms with Gasteiger partial charge in [-0.1, -0.05) is 12.1 Å². The number of hydrogen-bond donors (Lipinski definition) is 1. The van der Waals surface area contributed by atoms with E-state index in [2.05, 4.69) is 32.3 Å². The molecule has 0 fully saturated rings. The minimum absolute atomic E-state index is 0.131. The monoisotopic (exact) mass is 484 g/mol. The first-order valence-electron chi connectivity index (χ1n) is 11.5. The molecule has 2 aromatic heterocycles. The van der Waals surface area contributed by atoms with Gasteiger partial charge in [0.15, 0.2) is 0 Å². The number of nitrogens with zero attached hydrogens (tertiary/aromatic N) is 3. The Morgan fingerprint density at radius 2 is 2.00 bits per heavy atom. The summed E-state index contributed by atoms with van der Waals surface area (Å²) in [7, 11) is 0. The first-order valence-corrected chi connectivity index (χ1v) is 11.5. The van der Waals surface area contributed by atoms with Crippen molar-refractivity contribution in [2.75, 3.05) is 36.5 Å². The summed E-state index contributed by atoms with van der Waals surface area (Å²) in [5.41, 5.74) is 4.17. The smallest absolute Gasteiger partial charge is 0.380 e. The van der Waals surface area contributed by atoms with Gasteiger partial charge in [-0.15, -0.1) is 0 Å². The van der Waals surface area contributed by atoms with Crippen molar-refractivity contribution in [2.24, 2.45) is 0 Å². The molecule has 0 atom stereocenters. The molecule has 6 nitrogen and oxygen atoms in total.